The number of carboxylic acids is 1. The molecule has 0 radical (unpaired) electrons. The third-order valence-corrected chi connectivity index (χ3v) is 3.20. The van der Waals surface area contributed by atoms with E-state index in [-0.39, 0.29) is 5.69 Å². The zero-order chi connectivity index (χ0) is 14.1. The van der Waals surface area contributed by atoms with Gasteiger partial charge in [0, 0.05) is 18.3 Å². The van der Waals surface area contributed by atoms with E-state index in [4.69, 9.17) is 5.73 Å². The molecule has 0 amide bonds. The van der Waals surface area contributed by atoms with Crippen molar-refractivity contribution >= 4 is 11.5 Å². The van der Waals surface area contributed by atoms with Gasteiger partial charge in [0.15, 0.2) is 5.69 Å². The van der Waals surface area contributed by atoms with Crippen LogP contribution in [-0.4, -0.2) is 20.5 Å². The molecule has 3 N–H and O–H groups in total. The van der Waals surface area contributed by atoms with Crippen molar-refractivity contribution in [1.82, 2.24) is 9.38 Å². The van der Waals surface area contributed by atoms with E-state index in [1.807, 2.05) is 30.3 Å². The van der Waals surface area contributed by atoms with Crippen molar-refractivity contribution in [2.75, 3.05) is 0 Å². The van der Waals surface area contributed by atoms with E-state index in [1.54, 1.807) is 22.7 Å². The lowest BCUT2D eigenvalue weighted by Gasteiger charge is -2.02. The Kier molecular flexibility index (Phi) is 2.96. The Balaban J connectivity index is 2.22. The summed E-state index contributed by atoms with van der Waals surface area (Å²) >= 11 is 0. The summed E-state index contributed by atoms with van der Waals surface area (Å²) in [6.07, 6.45) is 1.81. The van der Waals surface area contributed by atoms with E-state index in [1.165, 1.54) is 0 Å². The van der Waals surface area contributed by atoms with Crippen LogP contribution in [0.1, 0.15) is 16.1 Å². The monoisotopic (exact) mass is 267 g/mol. The number of imidazole rings is 1. The average molecular weight is 267 g/mol. The van der Waals surface area contributed by atoms with Crippen molar-refractivity contribution in [3.63, 3.8) is 0 Å². The Morgan fingerprint density at radius 3 is 2.60 bits per heavy atom. The lowest BCUT2D eigenvalue weighted by Crippen LogP contribution is -1.97. The minimum atomic E-state index is -1.03. The van der Waals surface area contributed by atoms with Gasteiger partial charge in [0.25, 0.3) is 0 Å². The Hall–Kier alpha value is -2.66. The van der Waals surface area contributed by atoms with E-state index in [0.717, 1.165) is 11.1 Å². The van der Waals surface area contributed by atoms with Gasteiger partial charge in [-0.3, -0.25) is 4.40 Å². The highest BCUT2D eigenvalue weighted by Gasteiger charge is 2.16. The summed E-state index contributed by atoms with van der Waals surface area (Å²) in [7, 11) is 0. The first kappa shape index (κ1) is 12.4. The van der Waals surface area contributed by atoms with Crippen LogP contribution >= 0.6 is 0 Å². The molecule has 5 nitrogen and oxygen atoms in total. The molecule has 0 bridgehead atoms. The second-order valence-corrected chi connectivity index (χ2v) is 4.45. The molecule has 0 aliphatic carbocycles. The highest BCUT2D eigenvalue weighted by atomic mass is 16.4. The van der Waals surface area contributed by atoms with Gasteiger partial charge in [0.05, 0.1) is 5.52 Å². The lowest BCUT2D eigenvalue weighted by molar-refractivity contribution is 0.0693. The Labute approximate surface area is 115 Å². The average Bonchev–Trinajstić information content (AvgIpc) is 2.87. The number of fused-ring (bicyclic) bond motifs is 1. The molecule has 20 heavy (non-hydrogen) atoms. The molecule has 2 aromatic heterocycles. The van der Waals surface area contributed by atoms with Crippen molar-refractivity contribution in [2.24, 2.45) is 5.73 Å². The van der Waals surface area contributed by atoms with Crippen LogP contribution in [0.2, 0.25) is 0 Å². The molecule has 3 aromatic rings. The van der Waals surface area contributed by atoms with Crippen LogP contribution in [0.3, 0.4) is 0 Å². The fourth-order valence-corrected chi connectivity index (χ4v) is 2.19. The number of carbonyl (C=O) groups is 1. The smallest absolute Gasteiger partial charge is 0.356 e. The first-order valence-electron chi connectivity index (χ1n) is 6.20. The van der Waals surface area contributed by atoms with Crippen LogP contribution in [0, 0.1) is 0 Å². The molecule has 100 valence electrons. The van der Waals surface area contributed by atoms with Crippen molar-refractivity contribution in [1.29, 1.82) is 0 Å². The van der Waals surface area contributed by atoms with E-state index in [2.05, 4.69) is 4.98 Å². The van der Waals surface area contributed by atoms with Crippen LogP contribution in [0.25, 0.3) is 16.9 Å². The van der Waals surface area contributed by atoms with E-state index in [9.17, 15) is 9.90 Å². The second-order valence-electron chi connectivity index (χ2n) is 4.45. The number of rotatable bonds is 3. The Morgan fingerprint density at radius 2 is 1.95 bits per heavy atom. The third-order valence-electron chi connectivity index (χ3n) is 3.20. The SMILES string of the molecule is NCc1ccc(-c2nc(C(=O)O)c3ccccn23)cc1. The van der Waals surface area contributed by atoms with E-state index < -0.39 is 5.97 Å². The summed E-state index contributed by atoms with van der Waals surface area (Å²) in [5.74, 6) is -0.417. The molecule has 1 aromatic carbocycles. The summed E-state index contributed by atoms with van der Waals surface area (Å²) in [4.78, 5) is 15.5. The van der Waals surface area contributed by atoms with Crippen LogP contribution in [-0.2, 0) is 6.54 Å². The van der Waals surface area contributed by atoms with Gasteiger partial charge in [0.2, 0.25) is 0 Å². The van der Waals surface area contributed by atoms with Gasteiger partial charge in [-0.05, 0) is 17.7 Å². The molecule has 2 heterocycles. The highest BCUT2D eigenvalue weighted by molar-refractivity contribution is 5.94. The number of nitrogens with zero attached hydrogens (tertiary/aromatic N) is 2. The molecule has 0 atom stereocenters. The van der Waals surface area contributed by atoms with Crippen molar-refractivity contribution < 1.29 is 9.90 Å². The highest BCUT2D eigenvalue weighted by Crippen LogP contribution is 2.23. The summed E-state index contributed by atoms with van der Waals surface area (Å²) in [6, 6.07) is 13.0. The van der Waals surface area contributed by atoms with Crippen LogP contribution in [0.15, 0.2) is 48.7 Å². The number of benzene rings is 1. The molecule has 0 saturated heterocycles. The third kappa shape index (κ3) is 1.94. The molecule has 0 unspecified atom stereocenters. The number of aromatic carboxylic acids is 1. The molecular weight excluding hydrogens is 254 g/mol. The van der Waals surface area contributed by atoms with Gasteiger partial charge >= 0.3 is 5.97 Å². The maximum absolute atomic E-state index is 11.3. The maximum atomic E-state index is 11.3. The molecule has 0 aliphatic rings. The first-order chi connectivity index (χ1) is 9.70. The van der Waals surface area contributed by atoms with Gasteiger partial charge in [-0.1, -0.05) is 30.3 Å². The maximum Gasteiger partial charge on any atom is 0.356 e. The molecule has 0 spiro atoms. The number of nitrogens with two attached hydrogens (primary N) is 1. The van der Waals surface area contributed by atoms with Crippen LogP contribution in [0.5, 0.6) is 0 Å². The predicted octanol–water partition coefficient (Wildman–Crippen LogP) is 2.16. The fraction of sp³-hybridized carbons (Fsp3) is 0.0667. The number of hydrogen-bond donors (Lipinski definition) is 2. The van der Waals surface area contributed by atoms with Gasteiger partial charge in [-0.2, -0.15) is 0 Å². The summed E-state index contributed by atoms with van der Waals surface area (Å²) in [5.41, 5.74) is 8.09. The van der Waals surface area contributed by atoms with Gasteiger partial charge in [0.1, 0.15) is 5.82 Å². The van der Waals surface area contributed by atoms with E-state index in [0.29, 0.717) is 17.9 Å². The topological polar surface area (TPSA) is 80.6 Å². The normalized spacial score (nSPS) is 10.8. The van der Waals surface area contributed by atoms with Gasteiger partial charge in [-0.15, -0.1) is 0 Å². The zero-order valence-electron chi connectivity index (χ0n) is 10.7. The lowest BCUT2D eigenvalue weighted by atomic mass is 10.1. The largest absolute Gasteiger partial charge is 0.476 e. The van der Waals surface area contributed by atoms with Crippen LogP contribution in [0.4, 0.5) is 0 Å². The van der Waals surface area contributed by atoms with Crippen molar-refractivity contribution in [3.8, 4) is 11.4 Å². The Bertz CT molecular complexity index is 775. The van der Waals surface area contributed by atoms with Crippen molar-refractivity contribution in [2.45, 2.75) is 6.54 Å². The first-order valence-corrected chi connectivity index (χ1v) is 6.20. The fourth-order valence-electron chi connectivity index (χ4n) is 2.19. The standard InChI is InChI=1S/C15H13N3O2/c16-9-10-4-6-11(7-5-10)14-17-13(15(19)20)12-3-1-2-8-18(12)14/h1-8H,9,16H2,(H,19,20). The molecular formula is C15H13N3O2. The van der Waals surface area contributed by atoms with E-state index >= 15 is 0 Å². The van der Waals surface area contributed by atoms with Gasteiger partial charge < -0.3 is 10.8 Å². The minimum absolute atomic E-state index is 0.0588. The number of carboxylic acid groups (broad SMARTS) is 1. The van der Waals surface area contributed by atoms with Gasteiger partial charge in [-0.25, -0.2) is 9.78 Å². The molecule has 0 aliphatic heterocycles. The Morgan fingerprint density at radius 1 is 1.20 bits per heavy atom. The molecule has 5 heteroatoms. The summed E-state index contributed by atoms with van der Waals surface area (Å²) in [5, 5.41) is 9.23. The van der Waals surface area contributed by atoms with Crippen LogP contribution < -0.4 is 5.73 Å². The quantitative estimate of drug-likeness (QED) is 0.762. The molecule has 0 saturated carbocycles. The summed E-state index contributed by atoms with van der Waals surface area (Å²) < 4.78 is 1.78. The number of pyridine rings is 1. The molecule has 0 fully saturated rings. The predicted molar refractivity (Wildman–Crippen MR) is 75.5 cm³/mol. The van der Waals surface area contributed by atoms with Crippen molar-refractivity contribution in [3.05, 3.63) is 59.9 Å². The molecule has 3 rings (SSSR count). The second kappa shape index (κ2) is 4.79. The zero-order valence-corrected chi connectivity index (χ0v) is 10.7. The minimum Gasteiger partial charge on any atom is -0.476 e. The summed E-state index contributed by atoms with van der Waals surface area (Å²) in [6.45, 7) is 0.475. The number of hydrogen-bond acceptors (Lipinski definition) is 3. The number of aromatic nitrogens is 2.